The van der Waals surface area contributed by atoms with E-state index >= 15 is 0 Å². The van der Waals surface area contributed by atoms with Crippen molar-refractivity contribution in [2.24, 2.45) is 0 Å². The molecule has 0 bridgehead atoms. The number of aromatic amines is 1. The fourth-order valence-electron chi connectivity index (χ4n) is 4.16. The average Bonchev–Trinajstić information content (AvgIpc) is 3.16. The van der Waals surface area contributed by atoms with Gasteiger partial charge in [-0.15, -0.1) is 0 Å². The number of carbonyl (C=O) groups is 1. The Bertz CT molecular complexity index is 828. The van der Waals surface area contributed by atoms with Crippen LogP contribution in [0.15, 0.2) is 12.1 Å². The minimum Gasteiger partial charge on any atom is -0.493 e. The van der Waals surface area contributed by atoms with Gasteiger partial charge in [-0.25, -0.2) is 0 Å². The summed E-state index contributed by atoms with van der Waals surface area (Å²) in [6.45, 7) is 0. The highest BCUT2D eigenvalue weighted by atomic mass is 16.5. The lowest BCUT2D eigenvalue weighted by molar-refractivity contribution is 0.0930. The Balaban J connectivity index is 1.57. The summed E-state index contributed by atoms with van der Waals surface area (Å²) in [5.41, 5.74) is 5.11. The van der Waals surface area contributed by atoms with E-state index in [4.69, 9.17) is 9.47 Å². The second kappa shape index (κ2) is 7.02. The lowest BCUT2D eigenvalue weighted by atomic mass is 10.1. The van der Waals surface area contributed by atoms with Gasteiger partial charge < -0.3 is 14.8 Å². The molecule has 6 heteroatoms. The Labute approximate surface area is 153 Å². The van der Waals surface area contributed by atoms with Crippen LogP contribution in [0.5, 0.6) is 11.5 Å². The maximum atomic E-state index is 12.9. The highest BCUT2D eigenvalue weighted by Gasteiger charge is 2.29. The van der Waals surface area contributed by atoms with Crippen molar-refractivity contribution in [3.8, 4) is 11.5 Å². The maximum Gasteiger partial charge on any atom is 0.272 e. The highest BCUT2D eigenvalue weighted by molar-refractivity contribution is 5.94. The van der Waals surface area contributed by atoms with Crippen LogP contribution < -0.4 is 14.8 Å². The van der Waals surface area contributed by atoms with E-state index in [0.29, 0.717) is 11.4 Å². The Kier molecular flexibility index (Phi) is 4.57. The molecule has 138 valence electrons. The van der Waals surface area contributed by atoms with Crippen LogP contribution in [0, 0.1) is 0 Å². The van der Waals surface area contributed by atoms with E-state index in [9.17, 15) is 4.79 Å². The molecule has 1 unspecified atom stereocenters. The molecule has 0 radical (unpaired) electrons. The second-order valence-corrected chi connectivity index (χ2v) is 7.06. The molecule has 2 N–H and O–H groups in total. The molecule has 0 aliphatic heterocycles. The molecule has 26 heavy (non-hydrogen) atoms. The average molecular weight is 355 g/mol. The van der Waals surface area contributed by atoms with Gasteiger partial charge in [0.2, 0.25) is 0 Å². The third-order valence-corrected chi connectivity index (χ3v) is 5.55. The number of methoxy groups -OCH3 is 2. The zero-order valence-corrected chi connectivity index (χ0v) is 15.4. The van der Waals surface area contributed by atoms with Crippen LogP contribution in [0.1, 0.15) is 64.6 Å². The SMILES string of the molecule is COc1cc2c(cc1OC)C(NC(=O)c1n[nH]c3c1CCCCC3)CC2. The number of amides is 1. The van der Waals surface area contributed by atoms with Crippen molar-refractivity contribution < 1.29 is 14.3 Å². The minimum absolute atomic E-state index is 0.0181. The summed E-state index contributed by atoms with van der Waals surface area (Å²) in [4.78, 5) is 12.9. The van der Waals surface area contributed by atoms with E-state index in [1.807, 2.05) is 12.1 Å². The van der Waals surface area contributed by atoms with Crippen molar-refractivity contribution in [1.82, 2.24) is 15.5 Å². The largest absolute Gasteiger partial charge is 0.493 e. The molecule has 1 atom stereocenters. The first-order chi connectivity index (χ1) is 12.7. The maximum absolute atomic E-state index is 12.9. The second-order valence-electron chi connectivity index (χ2n) is 7.06. The lowest BCUT2D eigenvalue weighted by Crippen LogP contribution is -2.28. The molecule has 6 nitrogen and oxygen atoms in total. The molecule has 2 aliphatic rings. The summed E-state index contributed by atoms with van der Waals surface area (Å²) in [5.74, 6) is 1.34. The number of nitrogens with one attached hydrogen (secondary N) is 2. The minimum atomic E-state index is -0.0861. The van der Waals surface area contributed by atoms with Gasteiger partial charge in [-0.2, -0.15) is 5.10 Å². The molecule has 0 spiro atoms. The van der Waals surface area contributed by atoms with Crippen LogP contribution in [0.2, 0.25) is 0 Å². The van der Waals surface area contributed by atoms with Gasteiger partial charge in [-0.3, -0.25) is 9.89 Å². The fraction of sp³-hybridized carbons (Fsp3) is 0.500. The molecule has 4 rings (SSSR count). The van der Waals surface area contributed by atoms with Gasteiger partial charge in [0.1, 0.15) is 0 Å². The standard InChI is InChI=1S/C20H25N3O3/c1-25-17-10-12-8-9-15(14(12)11-18(17)26-2)21-20(24)19-13-6-4-3-5-7-16(13)22-23-19/h10-11,15H,3-9H2,1-2H3,(H,21,24)(H,22,23). The Morgan fingerprint density at radius 2 is 1.88 bits per heavy atom. The number of benzene rings is 1. The summed E-state index contributed by atoms with van der Waals surface area (Å²) in [5, 5.41) is 10.6. The van der Waals surface area contributed by atoms with Crippen LogP contribution in [0.3, 0.4) is 0 Å². The molecule has 1 aromatic heterocycles. The predicted octanol–water partition coefficient (Wildman–Crippen LogP) is 3.11. The van der Waals surface area contributed by atoms with Gasteiger partial charge in [0.25, 0.3) is 5.91 Å². The zero-order valence-electron chi connectivity index (χ0n) is 15.4. The molecular formula is C20H25N3O3. The van der Waals surface area contributed by atoms with Crippen molar-refractivity contribution >= 4 is 5.91 Å². The Morgan fingerprint density at radius 3 is 2.69 bits per heavy atom. The van der Waals surface area contributed by atoms with Gasteiger partial charge in [-0.05, 0) is 61.8 Å². The molecule has 2 aromatic rings. The lowest BCUT2D eigenvalue weighted by Gasteiger charge is -2.16. The van der Waals surface area contributed by atoms with Crippen molar-refractivity contribution in [2.45, 2.75) is 51.0 Å². The van der Waals surface area contributed by atoms with Crippen LogP contribution in [0.4, 0.5) is 0 Å². The highest BCUT2D eigenvalue weighted by Crippen LogP contribution is 2.39. The van der Waals surface area contributed by atoms with E-state index < -0.39 is 0 Å². The van der Waals surface area contributed by atoms with Gasteiger partial charge in [0, 0.05) is 11.3 Å². The van der Waals surface area contributed by atoms with Gasteiger partial charge in [-0.1, -0.05) is 6.42 Å². The summed E-state index contributed by atoms with van der Waals surface area (Å²) in [6, 6.07) is 3.98. The molecular weight excluding hydrogens is 330 g/mol. The predicted molar refractivity (Wildman–Crippen MR) is 97.9 cm³/mol. The molecule has 1 aromatic carbocycles. The monoisotopic (exact) mass is 355 g/mol. The van der Waals surface area contributed by atoms with Crippen molar-refractivity contribution in [3.63, 3.8) is 0 Å². The van der Waals surface area contributed by atoms with Crippen molar-refractivity contribution in [1.29, 1.82) is 0 Å². The zero-order chi connectivity index (χ0) is 18.1. The van der Waals surface area contributed by atoms with E-state index in [0.717, 1.165) is 61.1 Å². The number of ether oxygens (including phenoxy) is 2. The van der Waals surface area contributed by atoms with Crippen LogP contribution in [-0.4, -0.2) is 30.3 Å². The van der Waals surface area contributed by atoms with Gasteiger partial charge >= 0.3 is 0 Å². The summed E-state index contributed by atoms with van der Waals surface area (Å²) in [6.07, 6.45) is 7.20. The number of aryl methyl sites for hydroxylation is 2. The van der Waals surface area contributed by atoms with Crippen LogP contribution in [0.25, 0.3) is 0 Å². The first-order valence-electron chi connectivity index (χ1n) is 9.33. The molecule has 0 saturated heterocycles. The van der Waals surface area contributed by atoms with E-state index in [-0.39, 0.29) is 11.9 Å². The first kappa shape index (κ1) is 16.9. The van der Waals surface area contributed by atoms with E-state index in [1.54, 1.807) is 14.2 Å². The van der Waals surface area contributed by atoms with Crippen LogP contribution >= 0.6 is 0 Å². The normalized spacial score (nSPS) is 18.6. The number of fused-ring (bicyclic) bond motifs is 2. The number of rotatable bonds is 4. The number of H-pyrrole nitrogens is 1. The summed E-state index contributed by atoms with van der Waals surface area (Å²) < 4.78 is 10.8. The number of hydrogen-bond donors (Lipinski definition) is 2. The number of carbonyl (C=O) groups excluding carboxylic acids is 1. The van der Waals surface area contributed by atoms with Crippen molar-refractivity contribution in [2.75, 3.05) is 14.2 Å². The van der Waals surface area contributed by atoms with Crippen molar-refractivity contribution in [3.05, 3.63) is 40.2 Å². The summed E-state index contributed by atoms with van der Waals surface area (Å²) >= 11 is 0. The third-order valence-electron chi connectivity index (χ3n) is 5.55. The Morgan fingerprint density at radius 1 is 1.12 bits per heavy atom. The topological polar surface area (TPSA) is 76.2 Å². The number of aromatic nitrogens is 2. The van der Waals surface area contributed by atoms with E-state index in [2.05, 4.69) is 15.5 Å². The summed E-state index contributed by atoms with van der Waals surface area (Å²) in [7, 11) is 3.27. The first-order valence-corrected chi connectivity index (χ1v) is 9.33. The number of nitrogens with zero attached hydrogens (tertiary/aromatic N) is 1. The molecule has 0 fully saturated rings. The van der Waals surface area contributed by atoms with Crippen LogP contribution in [-0.2, 0) is 19.3 Å². The number of hydrogen-bond acceptors (Lipinski definition) is 4. The Hall–Kier alpha value is -2.50. The molecule has 1 amide bonds. The van der Waals surface area contributed by atoms with Gasteiger partial charge in [0.05, 0.1) is 20.3 Å². The molecule has 2 aliphatic carbocycles. The third kappa shape index (κ3) is 2.93. The van der Waals surface area contributed by atoms with Gasteiger partial charge in [0.15, 0.2) is 17.2 Å². The molecule has 0 saturated carbocycles. The molecule has 1 heterocycles. The van der Waals surface area contributed by atoms with E-state index in [1.165, 1.54) is 12.0 Å². The smallest absolute Gasteiger partial charge is 0.272 e. The quantitative estimate of drug-likeness (QED) is 0.826. The fourth-order valence-corrected chi connectivity index (χ4v) is 4.16.